The molecule has 1 amide bonds. The number of carbonyl (C=O) groups is 1. The van der Waals surface area contributed by atoms with Crippen molar-refractivity contribution in [2.45, 2.75) is 46.1 Å². The maximum Gasteiger partial charge on any atom is 0.260 e. The summed E-state index contributed by atoms with van der Waals surface area (Å²) in [6, 6.07) is 7.71. The van der Waals surface area contributed by atoms with E-state index in [0.717, 1.165) is 25.1 Å². The van der Waals surface area contributed by atoms with E-state index < -0.39 is 0 Å². The van der Waals surface area contributed by atoms with Crippen LogP contribution in [0.2, 0.25) is 0 Å². The molecule has 4 nitrogen and oxygen atoms in total. The van der Waals surface area contributed by atoms with Crippen molar-refractivity contribution < 1.29 is 14.3 Å². The van der Waals surface area contributed by atoms with Crippen LogP contribution in [-0.4, -0.2) is 37.1 Å². The number of nitrogens with zero attached hydrogens (tertiary/aromatic N) is 1. The normalized spacial score (nSPS) is 28.5. The molecule has 1 aromatic carbocycles. The lowest BCUT2D eigenvalue weighted by Crippen LogP contribution is -2.40. The fourth-order valence-corrected chi connectivity index (χ4v) is 4.65. The van der Waals surface area contributed by atoms with Gasteiger partial charge in [-0.05, 0) is 54.4 Å². The van der Waals surface area contributed by atoms with Gasteiger partial charge in [-0.1, -0.05) is 20.8 Å². The summed E-state index contributed by atoms with van der Waals surface area (Å²) in [7, 11) is 1.63. The van der Waals surface area contributed by atoms with Crippen LogP contribution >= 0.6 is 0 Å². The minimum absolute atomic E-state index is 0.104. The number of hydrogen-bond acceptors (Lipinski definition) is 3. The second kappa shape index (κ2) is 5.73. The maximum absolute atomic E-state index is 12.6. The average Bonchev–Trinajstić information content (AvgIpc) is 2.74. The van der Waals surface area contributed by atoms with E-state index in [0.29, 0.717) is 17.2 Å². The van der Waals surface area contributed by atoms with Crippen molar-refractivity contribution in [3.63, 3.8) is 0 Å². The van der Waals surface area contributed by atoms with Crippen LogP contribution in [0.4, 0.5) is 0 Å². The molecule has 0 aromatic heterocycles. The average molecular weight is 317 g/mol. The Morgan fingerprint density at radius 1 is 1.17 bits per heavy atom. The first kappa shape index (κ1) is 16.2. The quantitative estimate of drug-likeness (QED) is 0.853. The van der Waals surface area contributed by atoms with Crippen LogP contribution in [0.1, 0.15) is 40.0 Å². The van der Waals surface area contributed by atoms with Crippen molar-refractivity contribution in [2.24, 2.45) is 10.8 Å². The van der Waals surface area contributed by atoms with E-state index in [1.807, 2.05) is 24.3 Å². The van der Waals surface area contributed by atoms with Crippen molar-refractivity contribution >= 4 is 5.91 Å². The Morgan fingerprint density at radius 2 is 1.83 bits per heavy atom. The number of amides is 1. The minimum Gasteiger partial charge on any atom is -0.497 e. The predicted molar refractivity (Wildman–Crippen MR) is 89.7 cm³/mol. The van der Waals surface area contributed by atoms with E-state index in [-0.39, 0.29) is 17.9 Å². The van der Waals surface area contributed by atoms with Gasteiger partial charge >= 0.3 is 0 Å². The molecule has 0 N–H and O–H groups in total. The molecule has 2 fully saturated rings. The van der Waals surface area contributed by atoms with Crippen molar-refractivity contribution in [2.75, 3.05) is 20.3 Å². The molecule has 23 heavy (non-hydrogen) atoms. The van der Waals surface area contributed by atoms with E-state index in [9.17, 15) is 4.79 Å². The van der Waals surface area contributed by atoms with Crippen LogP contribution < -0.4 is 9.47 Å². The number of likely N-dealkylation sites (tertiary alicyclic amines) is 1. The Bertz CT molecular complexity index is 581. The van der Waals surface area contributed by atoms with Gasteiger partial charge in [0.1, 0.15) is 11.5 Å². The molecule has 0 radical (unpaired) electrons. The maximum atomic E-state index is 12.6. The Morgan fingerprint density at radius 3 is 2.48 bits per heavy atom. The Balaban J connectivity index is 1.60. The second-order valence-electron chi connectivity index (χ2n) is 8.20. The third kappa shape index (κ3) is 3.46. The monoisotopic (exact) mass is 317 g/mol. The zero-order valence-electron chi connectivity index (χ0n) is 14.6. The predicted octanol–water partition coefficient (Wildman–Crippen LogP) is 3.50. The van der Waals surface area contributed by atoms with Gasteiger partial charge in [-0.15, -0.1) is 0 Å². The molecule has 0 spiro atoms. The van der Waals surface area contributed by atoms with Crippen LogP contribution in [0.3, 0.4) is 0 Å². The number of hydrogen-bond donors (Lipinski definition) is 0. The summed E-state index contributed by atoms with van der Waals surface area (Å²) in [5.74, 6) is 1.59. The van der Waals surface area contributed by atoms with Gasteiger partial charge in [0.15, 0.2) is 6.61 Å². The van der Waals surface area contributed by atoms with Gasteiger partial charge in [0, 0.05) is 12.6 Å². The number of methoxy groups -OCH3 is 1. The number of ether oxygens (including phenoxy) is 2. The molecular formula is C19H27NO3. The van der Waals surface area contributed by atoms with Crippen LogP contribution in [0.5, 0.6) is 11.5 Å². The van der Waals surface area contributed by atoms with Gasteiger partial charge in [-0.2, -0.15) is 0 Å². The Hall–Kier alpha value is -1.71. The molecule has 1 aliphatic heterocycles. The highest BCUT2D eigenvalue weighted by Crippen LogP contribution is 2.52. The van der Waals surface area contributed by atoms with E-state index in [1.54, 1.807) is 7.11 Å². The van der Waals surface area contributed by atoms with E-state index in [4.69, 9.17) is 9.47 Å². The molecule has 2 bridgehead atoms. The first-order valence-electron chi connectivity index (χ1n) is 8.37. The molecular weight excluding hydrogens is 290 g/mol. The second-order valence-corrected chi connectivity index (χ2v) is 8.20. The van der Waals surface area contributed by atoms with Crippen molar-refractivity contribution in [1.29, 1.82) is 0 Å². The summed E-state index contributed by atoms with van der Waals surface area (Å²) in [6.07, 6.45) is 3.42. The minimum atomic E-state index is 0.104. The van der Waals surface area contributed by atoms with E-state index in [2.05, 4.69) is 25.7 Å². The van der Waals surface area contributed by atoms with Gasteiger partial charge < -0.3 is 14.4 Å². The molecule has 1 aromatic rings. The summed E-state index contributed by atoms with van der Waals surface area (Å²) < 4.78 is 10.8. The van der Waals surface area contributed by atoms with Crippen LogP contribution in [0.15, 0.2) is 24.3 Å². The Kier molecular flexibility index (Phi) is 4.03. The van der Waals surface area contributed by atoms with Crippen LogP contribution in [0.25, 0.3) is 0 Å². The fourth-order valence-electron chi connectivity index (χ4n) is 4.65. The largest absolute Gasteiger partial charge is 0.497 e. The molecule has 2 atom stereocenters. The highest BCUT2D eigenvalue weighted by Gasteiger charge is 2.50. The molecule has 1 aliphatic carbocycles. The fraction of sp³-hybridized carbons (Fsp3) is 0.632. The molecule has 1 heterocycles. The lowest BCUT2D eigenvalue weighted by Gasteiger charge is -2.39. The molecule has 4 heteroatoms. The highest BCUT2D eigenvalue weighted by molar-refractivity contribution is 5.78. The van der Waals surface area contributed by atoms with Gasteiger partial charge in [0.2, 0.25) is 0 Å². The lowest BCUT2D eigenvalue weighted by atomic mass is 9.65. The zero-order valence-corrected chi connectivity index (χ0v) is 14.6. The van der Waals surface area contributed by atoms with E-state index >= 15 is 0 Å². The highest BCUT2D eigenvalue weighted by atomic mass is 16.5. The molecule has 126 valence electrons. The molecule has 1 saturated heterocycles. The number of fused-ring (bicyclic) bond motifs is 2. The third-order valence-corrected chi connectivity index (χ3v) is 5.16. The van der Waals surface area contributed by atoms with Gasteiger partial charge in [0.05, 0.1) is 7.11 Å². The van der Waals surface area contributed by atoms with Crippen molar-refractivity contribution in [3.8, 4) is 11.5 Å². The number of carbonyl (C=O) groups excluding carboxylic acids is 1. The van der Waals surface area contributed by atoms with E-state index in [1.165, 1.54) is 6.42 Å². The Labute approximate surface area is 138 Å². The standard InChI is InChI=1S/C19H27NO3/c1-18(2)9-14-10-19(3,12-18)13-20(14)17(21)11-23-16-7-5-15(22-4)6-8-16/h5-8,14H,9-13H2,1-4H3/t14-,19-/m1/s1. The summed E-state index contributed by atoms with van der Waals surface area (Å²) in [6.45, 7) is 7.93. The summed E-state index contributed by atoms with van der Waals surface area (Å²) in [5.41, 5.74) is 0.589. The number of rotatable bonds is 4. The van der Waals surface area contributed by atoms with Crippen molar-refractivity contribution in [1.82, 2.24) is 4.90 Å². The number of benzene rings is 1. The van der Waals surface area contributed by atoms with Gasteiger partial charge in [-0.3, -0.25) is 4.79 Å². The van der Waals surface area contributed by atoms with Crippen LogP contribution in [-0.2, 0) is 4.79 Å². The van der Waals surface area contributed by atoms with Gasteiger partial charge in [-0.25, -0.2) is 0 Å². The van der Waals surface area contributed by atoms with Crippen LogP contribution in [0, 0.1) is 10.8 Å². The SMILES string of the molecule is COc1ccc(OCC(=O)N2C[C@]3(C)C[C@H]2CC(C)(C)C3)cc1. The molecule has 3 rings (SSSR count). The topological polar surface area (TPSA) is 38.8 Å². The third-order valence-electron chi connectivity index (χ3n) is 5.16. The first-order valence-corrected chi connectivity index (χ1v) is 8.37. The molecule has 2 aliphatic rings. The summed E-state index contributed by atoms with van der Waals surface area (Å²) in [4.78, 5) is 14.7. The summed E-state index contributed by atoms with van der Waals surface area (Å²) in [5, 5.41) is 0. The molecule has 1 saturated carbocycles. The smallest absolute Gasteiger partial charge is 0.260 e. The van der Waals surface area contributed by atoms with Gasteiger partial charge in [0.25, 0.3) is 5.91 Å². The first-order chi connectivity index (χ1) is 10.8. The summed E-state index contributed by atoms with van der Waals surface area (Å²) >= 11 is 0. The van der Waals surface area contributed by atoms with Crippen molar-refractivity contribution in [3.05, 3.63) is 24.3 Å². The zero-order chi connectivity index (χ0) is 16.7. The molecule has 0 unspecified atom stereocenters. The lowest BCUT2D eigenvalue weighted by molar-refractivity contribution is -0.134.